The largest absolute Gasteiger partial charge is 0.493 e. The average Bonchev–Trinajstić information content (AvgIpc) is 2.80. The molecule has 4 nitrogen and oxygen atoms in total. The number of ether oxygens (including phenoxy) is 2. The Labute approximate surface area is 136 Å². The van der Waals surface area contributed by atoms with Crippen LogP contribution in [0.2, 0.25) is 0 Å². The monoisotopic (exact) mass is 336 g/mol. The highest BCUT2D eigenvalue weighted by atomic mass is 35.5. The number of rotatable bonds is 6. The fraction of sp³-hybridized carbons (Fsp3) is 0.600. The van der Waals surface area contributed by atoms with Crippen LogP contribution in [0, 0.1) is 5.92 Å². The lowest BCUT2D eigenvalue weighted by molar-refractivity contribution is -0.0512. The van der Waals surface area contributed by atoms with Crippen molar-refractivity contribution in [1.82, 2.24) is 4.90 Å². The van der Waals surface area contributed by atoms with Crippen molar-refractivity contribution in [2.45, 2.75) is 32.5 Å². The zero-order valence-electron chi connectivity index (χ0n) is 12.8. The molecule has 2 unspecified atom stereocenters. The summed E-state index contributed by atoms with van der Waals surface area (Å²) < 4.78 is 34.2. The third-order valence-electron chi connectivity index (χ3n) is 3.95. The van der Waals surface area contributed by atoms with Crippen LogP contribution in [0.15, 0.2) is 18.2 Å². The molecular weight excluding hydrogens is 314 g/mol. The van der Waals surface area contributed by atoms with Gasteiger partial charge in [0.15, 0.2) is 11.5 Å². The molecule has 0 radical (unpaired) electrons. The van der Waals surface area contributed by atoms with Crippen molar-refractivity contribution >= 4 is 12.4 Å². The molecule has 1 fully saturated rings. The van der Waals surface area contributed by atoms with Gasteiger partial charge in [0.2, 0.25) is 0 Å². The molecule has 1 aromatic rings. The number of nitrogens with two attached hydrogens (primary N) is 1. The molecule has 1 heterocycles. The second-order valence-corrected chi connectivity index (χ2v) is 5.48. The number of methoxy groups -OCH3 is 1. The predicted molar refractivity (Wildman–Crippen MR) is 83.9 cm³/mol. The molecule has 0 saturated carbocycles. The Bertz CT molecular complexity index is 477. The summed E-state index contributed by atoms with van der Waals surface area (Å²) in [7, 11) is 1.44. The molecule has 1 saturated heterocycles. The van der Waals surface area contributed by atoms with Gasteiger partial charge in [-0.1, -0.05) is 6.07 Å². The molecule has 0 amide bonds. The molecule has 0 aromatic heterocycles. The first-order valence-electron chi connectivity index (χ1n) is 7.09. The van der Waals surface area contributed by atoms with Crippen LogP contribution in [0.1, 0.15) is 18.9 Å². The van der Waals surface area contributed by atoms with Gasteiger partial charge in [-0.25, -0.2) is 0 Å². The van der Waals surface area contributed by atoms with Gasteiger partial charge in [-0.3, -0.25) is 4.90 Å². The van der Waals surface area contributed by atoms with Crippen LogP contribution >= 0.6 is 12.4 Å². The Hall–Kier alpha value is -1.11. The van der Waals surface area contributed by atoms with Crippen molar-refractivity contribution in [1.29, 1.82) is 0 Å². The summed E-state index contributed by atoms with van der Waals surface area (Å²) >= 11 is 0. The summed E-state index contributed by atoms with van der Waals surface area (Å²) in [6.45, 7) is 1.75. The predicted octanol–water partition coefficient (Wildman–Crippen LogP) is 2.89. The fourth-order valence-electron chi connectivity index (χ4n) is 2.85. The van der Waals surface area contributed by atoms with Gasteiger partial charge >= 0.3 is 6.61 Å². The van der Waals surface area contributed by atoms with Gasteiger partial charge < -0.3 is 15.2 Å². The van der Waals surface area contributed by atoms with E-state index >= 15 is 0 Å². The normalized spacial score (nSPS) is 21.7. The van der Waals surface area contributed by atoms with Gasteiger partial charge in [-0.05, 0) is 43.5 Å². The van der Waals surface area contributed by atoms with E-state index in [1.165, 1.54) is 13.2 Å². The number of hydrogen-bond donors (Lipinski definition) is 1. The van der Waals surface area contributed by atoms with Crippen molar-refractivity contribution in [3.8, 4) is 11.5 Å². The SMILES string of the molecule is COc1cc(CN2CC(CN)CC2C)ccc1OC(F)F.Cl. The quantitative estimate of drug-likeness (QED) is 0.867. The van der Waals surface area contributed by atoms with Gasteiger partial charge in [0.1, 0.15) is 0 Å². The Balaban J connectivity index is 0.00000242. The van der Waals surface area contributed by atoms with Gasteiger partial charge in [0, 0.05) is 19.1 Å². The van der Waals surface area contributed by atoms with Crippen molar-refractivity contribution in [2.24, 2.45) is 11.7 Å². The van der Waals surface area contributed by atoms with Crippen LogP contribution in [0.4, 0.5) is 8.78 Å². The minimum absolute atomic E-state index is 0. The minimum atomic E-state index is -2.85. The molecule has 22 heavy (non-hydrogen) atoms. The standard InChI is InChI=1S/C15H22F2N2O2.ClH/c1-10-5-12(7-18)9-19(10)8-11-3-4-13(21-15(16)17)14(6-11)20-2;/h3-4,6,10,12,15H,5,7-9,18H2,1-2H3;1H. The van der Waals surface area contributed by atoms with E-state index in [-0.39, 0.29) is 18.2 Å². The Morgan fingerprint density at radius 2 is 2.09 bits per heavy atom. The summed E-state index contributed by atoms with van der Waals surface area (Å²) in [5.41, 5.74) is 6.74. The summed E-state index contributed by atoms with van der Waals surface area (Å²) in [6, 6.07) is 5.55. The minimum Gasteiger partial charge on any atom is -0.493 e. The second kappa shape index (κ2) is 8.50. The number of alkyl halides is 2. The van der Waals surface area contributed by atoms with Crippen LogP contribution in [0.25, 0.3) is 0 Å². The number of likely N-dealkylation sites (tertiary alicyclic amines) is 1. The molecule has 0 aliphatic carbocycles. The molecule has 2 atom stereocenters. The molecule has 2 N–H and O–H groups in total. The van der Waals surface area contributed by atoms with E-state index in [9.17, 15) is 8.78 Å². The van der Waals surface area contributed by atoms with E-state index in [0.29, 0.717) is 24.3 Å². The molecule has 0 spiro atoms. The third kappa shape index (κ3) is 4.69. The molecule has 7 heteroatoms. The Morgan fingerprint density at radius 3 is 2.64 bits per heavy atom. The number of halogens is 3. The summed E-state index contributed by atoms with van der Waals surface area (Å²) in [5, 5.41) is 0. The van der Waals surface area contributed by atoms with E-state index in [0.717, 1.165) is 25.1 Å². The van der Waals surface area contributed by atoms with Gasteiger partial charge in [-0.2, -0.15) is 8.78 Å². The molecule has 1 aliphatic heterocycles. The summed E-state index contributed by atoms with van der Waals surface area (Å²) in [4.78, 5) is 2.35. The maximum Gasteiger partial charge on any atom is 0.387 e. The topological polar surface area (TPSA) is 47.7 Å². The van der Waals surface area contributed by atoms with Crippen LogP contribution in [0.3, 0.4) is 0 Å². The van der Waals surface area contributed by atoms with Crippen LogP contribution in [0.5, 0.6) is 11.5 Å². The lowest BCUT2D eigenvalue weighted by Gasteiger charge is -2.21. The zero-order valence-corrected chi connectivity index (χ0v) is 13.6. The Kier molecular flexibility index (Phi) is 7.32. The highest BCUT2D eigenvalue weighted by Crippen LogP contribution is 2.31. The van der Waals surface area contributed by atoms with Crippen LogP contribution in [-0.2, 0) is 6.54 Å². The smallest absolute Gasteiger partial charge is 0.387 e. The Morgan fingerprint density at radius 1 is 1.36 bits per heavy atom. The second-order valence-electron chi connectivity index (χ2n) is 5.48. The molecular formula is C15H23ClF2N2O2. The fourth-order valence-corrected chi connectivity index (χ4v) is 2.85. The van der Waals surface area contributed by atoms with Crippen molar-refractivity contribution in [2.75, 3.05) is 20.2 Å². The average molecular weight is 337 g/mol. The zero-order chi connectivity index (χ0) is 15.4. The van der Waals surface area contributed by atoms with E-state index in [1.54, 1.807) is 12.1 Å². The van der Waals surface area contributed by atoms with Crippen LogP contribution < -0.4 is 15.2 Å². The highest BCUT2D eigenvalue weighted by molar-refractivity contribution is 5.85. The lowest BCUT2D eigenvalue weighted by atomic mass is 10.1. The number of benzene rings is 1. The third-order valence-corrected chi connectivity index (χ3v) is 3.95. The van der Waals surface area contributed by atoms with Gasteiger partial charge in [0.25, 0.3) is 0 Å². The molecule has 0 bridgehead atoms. The van der Waals surface area contributed by atoms with E-state index in [2.05, 4.69) is 16.6 Å². The van der Waals surface area contributed by atoms with E-state index < -0.39 is 6.61 Å². The first kappa shape index (κ1) is 18.9. The lowest BCUT2D eigenvalue weighted by Crippen LogP contribution is -2.27. The first-order chi connectivity index (χ1) is 10.0. The van der Waals surface area contributed by atoms with E-state index in [4.69, 9.17) is 10.5 Å². The maximum atomic E-state index is 12.3. The first-order valence-corrected chi connectivity index (χ1v) is 7.09. The summed E-state index contributed by atoms with van der Waals surface area (Å²) in [5.74, 6) is 0.920. The van der Waals surface area contributed by atoms with Gasteiger partial charge in [0.05, 0.1) is 7.11 Å². The molecule has 1 aliphatic rings. The summed E-state index contributed by atoms with van der Waals surface area (Å²) in [6.07, 6.45) is 1.10. The van der Waals surface area contributed by atoms with Crippen molar-refractivity contribution in [3.63, 3.8) is 0 Å². The van der Waals surface area contributed by atoms with Crippen molar-refractivity contribution < 1.29 is 18.3 Å². The van der Waals surface area contributed by atoms with Gasteiger partial charge in [-0.15, -0.1) is 12.4 Å². The molecule has 1 aromatic carbocycles. The highest BCUT2D eigenvalue weighted by Gasteiger charge is 2.28. The van der Waals surface area contributed by atoms with Crippen molar-refractivity contribution in [3.05, 3.63) is 23.8 Å². The number of hydrogen-bond acceptors (Lipinski definition) is 4. The maximum absolute atomic E-state index is 12.3. The molecule has 126 valence electrons. The molecule has 2 rings (SSSR count). The van der Waals surface area contributed by atoms with E-state index in [1.807, 2.05) is 0 Å². The van der Waals surface area contributed by atoms with Crippen LogP contribution in [-0.4, -0.2) is 37.8 Å². The number of nitrogens with zero attached hydrogens (tertiary/aromatic N) is 1.